The maximum absolute atomic E-state index is 12.3. The highest BCUT2D eigenvalue weighted by Crippen LogP contribution is 2.25. The molecule has 0 aliphatic heterocycles. The minimum atomic E-state index is -0.450. The largest absolute Gasteiger partial charge is 0.351 e. The van der Waals surface area contributed by atoms with Gasteiger partial charge in [0.2, 0.25) is 5.91 Å². The zero-order valence-corrected chi connectivity index (χ0v) is 16.5. The fourth-order valence-electron chi connectivity index (χ4n) is 2.42. The Morgan fingerprint density at radius 2 is 1.93 bits per heavy atom. The number of carbonyl (C=O) groups is 1. The zero-order valence-electron chi connectivity index (χ0n) is 14.9. The van der Waals surface area contributed by atoms with Crippen molar-refractivity contribution in [3.05, 3.63) is 81.6 Å². The Morgan fingerprint density at radius 1 is 1.25 bits per heavy atom. The number of carbonyl (C=O) groups excluding carboxylic acids is 1. The molecule has 9 heteroatoms. The number of halogens is 1. The van der Waals surface area contributed by atoms with Gasteiger partial charge in [-0.3, -0.25) is 14.9 Å². The maximum Gasteiger partial charge on any atom is 0.269 e. The number of hydrogen-bond donors (Lipinski definition) is 1. The lowest BCUT2D eigenvalue weighted by Crippen LogP contribution is -2.30. The van der Waals surface area contributed by atoms with Crippen molar-refractivity contribution in [1.82, 2.24) is 15.1 Å². The lowest BCUT2D eigenvalue weighted by molar-refractivity contribution is -0.384. The number of nitrogens with one attached hydrogen (secondary N) is 1. The molecule has 0 spiro atoms. The number of hydrogen-bond acceptors (Lipinski definition) is 5. The Kier molecular flexibility index (Phi) is 6.33. The van der Waals surface area contributed by atoms with Gasteiger partial charge in [0.05, 0.1) is 22.1 Å². The highest BCUT2D eigenvalue weighted by atomic mass is 35.5. The predicted molar refractivity (Wildman–Crippen MR) is 109 cm³/mol. The van der Waals surface area contributed by atoms with Crippen molar-refractivity contribution >= 4 is 35.0 Å². The summed E-state index contributed by atoms with van der Waals surface area (Å²) in [6, 6.07) is 13.4. The van der Waals surface area contributed by atoms with Crippen LogP contribution in [0.4, 0.5) is 5.69 Å². The van der Waals surface area contributed by atoms with Gasteiger partial charge in [0, 0.05) is 40.4 Å². The molecule has 3 rings (SSSR count). The molecule has 7 nitrogen and oxygen atoms in total. The van der Waals surface area contributed by atoms with Crippen LogP contribution >= 0.6 is 23.4 Å². The lowest BCUT2D eigenvalue weighted by Gasteiger charge is -2.11. The molecule has 1 unspecified atom stereocenters. The summed E-state index contributed by atoms with van der Waals surface area (Å²) >= 11 is 7.23. The van der Waals surface area contributed by atoms with Gasteiger partial charge >= 0.3 is 0 Å². The molecular formula is C19H17ClN4O3S. The third-order valence-corrected chi connectivity index (χ3v) is 5.29. The third kappa shape index (κ3) is 5.11. The van der Waals surface area contributed by atoms with E-state index in [0.717, 1.165) is 16.1 Å². The number of nitrogens with zero attached hydrogens (tertiary/aromatic N) is 3. The number of benzene rings is 2. The molecule has 0 bridgehead atoms. The first-order valence-electron chi connectivity index (χ1n) is 8.40. The van der Waals surface area contributed by atoms with Crippen molar-refractivity contribution in [2.24, 2.45) is 0 Å². The molecule has 0 saturated carbocycles. The van der Waals surface area contributed by atoms with Gasteiger partial charge in [-0.25, -0.2) is 4.68 Å². The van der Waals surface area contributed by atoms with Crippen LogP contribution in [0.5, 0.6) is 0 Å². The molecular weight excluding hydrogens is 400 g/mol. The number of rotatable bonds is 7. The summed E-state index contributed by atoms with van der Waals surface area (Å²) in [5.41, 5.74) is 1.78. The third-order valence-electron chi connectivity index (χ3n) is 3.92. The van der Waals surface area contributed by atoms with Crippen molar-refractivity contribution in [2.45, 2.75) is 23.6 Å². The van der Waals surface area contributed by atoms with Crippen molar-refractivity contribution in [3.63, 3.8) is 0 Å². The minimum Gasteiger partial charge on any atom is -0.351 e. The first-order chi connectivity index (χ1) is 13.4. The van der Waals surface area contributed by atoms with E-state index in [2.05, 4.69) is 10.4 Å². The summed E-state index contributed by atoms with van der Waals surface area (Å²) < 4.78 is 1.72. The highest BCUT2D eigenvalue weighted by Gasteiger charge is 2.15. The van der Waals surface area contributed by atoms with Crippen LogP contribution in [-0.4, -0.2) is 25.9 Å². The van der Waals surface area contributed by atoms with Crippen molar-refractivity contribution in [1.29, 1.82) is 0 Å². The Labute approximate surface area is 170 Å². The van der Waals surface area contributed by atoms with Gasteiger partial charge in [-0.05, 0) is 43.3 Å². The molecule has 0 aliphatic carbocycles. The molecule has 144 valence electrons. The van der Waals surface area contributed by atoms with Gasteiger partial charge in [0.25, 0.3) is 5.69 Å². The van der Waals surface area contributed by atoms with Crippen LogP contribution < -0.4 is 5.32 Å². The predicted octanol–water partition coefficient (Wildman–Crippen LogP) is 4.23. The van der Waals surface area contributed by atoms with E-state index in [9.17, 15) is 14.9 Å². The number of thioether (sulfide) groups is 1. The van der Waals surface area contributed by atoms with E-state index in [0.29, 0.717) is 11.6 Å². The second-order valence-electron chi connectivity index (χ2n) is 6.00. The highest BCUT2D eigenvalue weighted by molar-refractivity contribution is 8.00. The average Bonchev–Trinajstić information content (AvgIpc) is 3.16. The fraction of sp³-hybridized carbons (Fsp3) is 0.158. The molecule has 1 atom stereocenters. The van der Waals surface area contributed by atoms with Gasteiger partial charge in [-0.15, -0.1) is 11.8 Å². The van der Waals surface area contributed by atoms with Gasteiger partial charge in [0.1, 0.15) is 0 Å². The SMILES string of the molecule is CC(Sc1ccc([N+](=O)[O-])cc1)C(=O)NCc1cnn(-c2ccc(Cl)cc2)c1. The molecule has 1 N–H and O–H groups in total. The standard InChI is InChI=1S/C19H17ClN4O3S/c1-13(28-18-8-6-17(7-9-18)24(26)27)19(25)21-10-14-11-22-23(12-14)16-4-2-15(20)3-5-16/h2-9,11-13H,10H2,1H3,(H,21,25). The second-order valence-corrected chi connectivity index (χ2v) is 7.85. The summed E-state index contributed by atoms with van der Waals surface area (Å²) in [5.74, 6) is -0.123. The van der Waals surface area contributed by atoms with Crippen LogP contribution in [0.2, 0.25) is 5.02 Å². The van der Waals surface area contributed by atoms with Crippen molar-refractivity contribution in [2.75, 3.05) is 0 Å². The summed E-state index contributed by atoms with van der Waals surface area (Å²) in [6.45, 7) is 2.15. The zero-order chi connectivity index (χ0) is 20.1. The molecule has 1 aromatic heterocycles. The molecule has 1 amide bonds. The van der Waals surface area contributed by atoms with Crippen LogP contribution in [0.25, 0.3) is 5.69 Å². The molecule has 1 heterocycles. The van der Waals surface area contributed by atoms with Gasteiger partial charge < -0.3 is 5.32 Å². The van der Waals surface area contributed by atoms with E-state index >= 15 is 0 Å². The lowest BCUT2D eigenvalue weighted by atomic mass is 10.3. The first kappa shape index (κ1) is 19.9. The van der Waals surface area contributed by atoms with Crippen LogP contribution in [0.1, 0.15) is 12.5 Å². The Hall–Kier alpha value is -2.84. The van der Waals surface area contributed by atoms with E-state index < -0.39 is 4.92 Å². The smallest absolute Gasteiger partial charge is 0.269 e. The van der Waals surface area contributed by atoms with E-state index in [1.165, 1.54) is 23.9 Å². The molecule has 0 fully saturated rings. The topological polar surface area (TPSA) is 90.1 Å². The molecule has 0 aliphatic rings. The molecule has 0 radical (unpaired) electrons. The van der Waals surface area contributed by atoms with E-state index in [4.69, 9.17) is 11.6 Å². The number of non-ortho nitro benzene ring substituents is 1. The van der Waals surface area contributed by atoms with Crippen LogP contribution in [0.3, 0.4) is 0 Å². The number of nitro groups is 1. The molecule has 0 saturated heterocycles. The maximum atomic E-state index is 12.3. The summed E-state index contributed by atoms with van der Waals surface area (Å²) in [5, 5.41) is 18.2. The number of aromatic nitrogens is 2. The van der Waals surface area contributed by atoms with Crippen molar-refractivity contribution in [3.8, 4) is 5.69 Å². The molecule has 2 aromatic carbocycles. The summed E-state index contributed by atoms with van der Waals surface area (Å²) in [6.07, 6.45) is 3.54. The Balaban J connectivity index is 1.53. The fourth-order valence-corrected chi connectivity index (χ4v) is 3.44. The minimum absolute atomic E-state index is 0.0270. The quantitative estimate of drug-likeness (QED) is 0.353. The van der Waals surface area contributed by atoms with E-state index in [1.54, 1.807) is 42.1 Å². The number of amides is 1. The normalized spacial score (nSPS) is 11.8. The van der Waals surface area contributed by atoms with Crippen LogP contribution in [0, 0.1) is 10.1 Å². The van der Waals surface area contributed by atoms with Crippen molar-refractivity contribution < 1.29 is 9.72 Å². The first-order valence-corrected chi connectivity index (χ1v) is 9.66. The Bertz CT molecular complexity index is 974. The summed E-state index contributed by atoms with van der Waals surface area (Å²) in [7, 11) is 0. The van der Waals surface area contributed by atoms with Gasteiger partial charge in [-0.1, -0.05) is 11.6 Å². The van der Waals surface area contributed by atoms with Crippen LogP contribution in [-0.2, 0) is 11.3 Å². The summed E-state index contributed by atoms with van der Waals surface area (Å²) in [4.78, 5) is 23.4. The van der Waals surface area contributed by atoms with Gasteiger partial charge in [-0.2, -0.15) is 5.10 Å². The Morgan fingerprint density at radius 3 is 2.57 bits per heavy atom. The molecule has 28 heavy (non-hydrogen) atoms. The van der Waals surface area contributed by atoms with E-state index in [-0.39, 0.29) is 16.8 Å². The van der Waals surface area contributed by atoms with Gasteiger partial charge in [0.15, 0.2) is 0 Å². The molecule has 3 aromatic rings. The number of nitro benzene ring substituents is 1. The monoisotopic (exact) mass is 416 g/mol. The average molecular weight is 417 g/mol. The second kappa shape index (κ2) is 8.90. The van der Waals surface area contributed by atoms with E-state index in [1.807, 2.05) is 18.3 Å². The van der Waals surface area contributed by atoms with Crippen LogP contribution in [0.15, 0.2) is 65.8 Å².